The Balaban J connectivity index is 1.82. The van der Waals surface area contributed by atoms with Crippen LogP contribution in [0, 0.1) is 10.1 Å². The van der Waals surface area contributed by atoms with E-state index in [1.54, 1.807) is 6.07 Å². The maximum atomic E-state index is 11.5. The van der Waals surface area contributed by atoms with Gasteiger partial charge in [-0.25, -0.2) is 0 Å². The third-order valence-electron chi connectivity index (χ3n) is 4.57. The molecule has 0 radical (unpaired) electrons. The number of amides is 1. The van der Waals surface area contributed by atoms with Crippen LogP contribution in [0.25, 0.3) is 33.2 Å². The molecule has 1 amide bonds. The zero-order valence-electron chi connectivity index (χ0n) is 14.8. The standard InChI is InChI=1S/C22H16N2O4/c25-14-23-13-15-6-8-16(9-7-15)18-10-11-20-19(12-18)21(22(28-20)24(26)27)17-4-2-1-3-5-17/h1-12,14H,13H2,(H,23,25). The Labute approximate surface area is 160 Å². The van der Waals surface area contributed by atoms with E-state index in [0.717, 1.165) is 22.3 Å². The Hall–Kier alpha value is -3.93. The van der Waals surface area contributed by atoms with Crippen molar-refractivity contribution < 1.29 is 14.1 Å². The fourth-order valence-corrected chi connectivity index (χ4v) is 3.25. The Bertz CT molecular complexity index is 1150. The minimum Gasteiger partial charge on any atom is -0.400 e. The average molecular weight is 372 g/mol. The van der Waals surface area contributed by atoms with Gasteiger partial charge in [0.2, 0.25) is 6.41 Å². The van der Waals surface area contributed by atoms with Gasteiger partial charge in [0, 0.05) is 11.9 Å². The molecule has 0 aliphatic heterocycles. The SMILES string of the molecule is O=CNCc1ccc(-c2ccc3oc([N+](=O)[O-])c(-c4ccccc4)c3c2)cc1. The van der Waals surface area contributed by atoms with E-state index in [9.17, 15) is 14.9 Å². The summed E-state index contributed by atoms with van der Waals surface area (Å²) in [4.78, 5) is 21.5. The van der Waals surface area contributed by atoms with Crippen molar-refractivity contribution in [3.8, 4) is 22.3 Å². The second kappa shape index (κ2) is 7.36. The van der Waals surface area contributed by atoms with Crippen LogP contribution in [0.4, 0.5) is 5.88 Å². The summed E-state index contributed by atoms with van der Waals surface area (Å²) < 4.78 is 5.53. The van der Waals surface area contributed by atoms with Gasteiger partial charge in [-0.15, -0.1) is 0 Å². The van der Waals surface area contributed by atoms with Crippen LogP contribution in [0.15, 0.2) is 77.2 Å². The van der Waals surface area contributed by atoms with Gasteiger partial charge < -0.3 is 9.73 Å². The van der Waals surface area contributed by atoms with E-state index in [1.807, 2.05) is 66.7 Å². The maximum Gasteiger partial charge on any atom is 0.442 e. The molecule has 0 aliphatic carbocycles. The highest BCUT2D eigenvalue weighted by atomic mass is 16.6. The van der Waals surface area contributed by atoms with Crippen molar-refractivity contribution in [3.63, 3.8) is 0 Å². The number of hydrogen-bond donors (Lipinski definition) is 1. The molecule has 4 aromatic rings. The second-order valence-electron chi connectivity index (χ2n) is 6.31. The van der Waals surface area contributed by atoms with Gasteiger partial charge >= 0.3 is 5.88 Å². The van der Waals surface area contributed by atoms with Crippen LogP contribution in [0.1, 0.15) is 5.56 Å². The second-order valence-corrected chi connectivity index (χ2v) is 6.31. The van der Waals surface area contributed by atoms with Gasteiger partial charge in [-0.3, -0.25) is 14.9 Å². The quantitative estimate of drug-likeness (QED) is 0.296. The van der Waals surface area contributed by atoms with Crippen LogP contribution < -0.4 is 5.32 Å². The zero-order valence-corrected chi connectivity index (χ0v) is 14.8. The van der Waals surface area contributed by atoms with Crippen LogP contribution in [-0.4, -0.2) is 11.3 Å². The van der Waals surface area contributed by atoms with E-state index < -0.39 is 4.92 Å². The highest BCUT2D eigenvalue weighted by Crippen LogP contribution is 2.41. The van der Waals surface area contributed by atoms with Crippen LogP contribution in [-0.2, 0) is 11.3 Å². The van der Waals surface area contributed by atoms with E-state index in [0.29, 0.717) is 29.5 Å². The summed E-state index contributed by atoms with van der Waals surface area (Å²) in [6.45, 7) is 0.467. The molecule has 0 atom stereocenters. The normalized spacial score (nSPS) is 10.7. The number of benzene rings is 3. The van der Waals surface area contributed by atoms with Crippen molar-refractivity contribution in [1.82, 2.24) is 5.32 Å². The molecule has 1 N–H and O–H groups in total. The minimum absolute atomic E-state index is 0.256. The summed E-state index contributed by atoms with van der Waals surface area (Å²) in [7, 11) is 0. The fourth-order valence-electron chi connectivity index (χ4n) is 3.25. The summed E-state index contributed by atoms with van der Waals surface area (Å²) >= 11 is 0. The number of nitrogens with zero attached hydrogens (tertiary/aromatic N) is 1. The lowest BCUT2D eigenvalue weighted by Gasteiger charge is -2.05. The molecule has 1 heterocycles. The number of hydrogen-bond acceptors (Lipinski definition) is 4. The van der Waals surface area contributed by atoms with Gasteiger partial charge in [0.1, 0.15) is 16.1 Å². The molecule has 6 nitrogen and oxygen atoms in total. The van der Waals surface area contributed by atoms with Gasteiger partial charge in [-0.2, -0.15) is 0 Å². The number of nitrogens with one attached hydrogen (secondary N) is 1. The van der Waals surface area contributed by atoms with Gasteiger partial charge in [0.05, 0.1) is 0 Å². The van der Waals surface area contributed by atoms with E-state index in [-0.39, 0.29) is 5.88 Å². The molecule has 0 fully saturated rings. The van der Waals surface area contributed by atoms with Gasteiger partial charge in [-0.1, -0.05) is 60.7 Å². The molecule has 0 aliphatic rings. The Kier molecular flexibility index (Phi) is 4.60. The van der Waals surface area contributed by atoms with Crippen molar-refractivity contribution in [3.05, 3.63) is 88.5 Å². The summed E-state index contributed by atoms with van der Waals surface area (Å²) in [6, 6.07) is 22.5. The average Bonchev–Trinajstić information content (AvgIpc) is 3.12. The van der Waals surface area contributed by atoms with Crippen molar-refractivity contribution >= 4 is 23.3 Å². The molecule has 1 aromatic heterocycles. The van der Waals surface area contributed by atoms with E-state index in [1.165, 1.54) is 0 Å². The Morgan fingerprint density at radius 3 is 2.32 bits per heavy atom. The first kappa shape index (κ1) is 17.5. The van der Waals surface area contributed by atoms with E-state index >= 15 is 0 Å². The molecule has 6 heteroatoms. The molecule has 0 spiro atoms. The van der Waals surface area contributed by atoms with Crippen molar-refractivity contribution in [1.29, 1.82) is 0 Å². The molecule has 138 valence electrons. The van der Waals surface area contributed by atoms with E-state index in [2.05, 4.69) is 5.32 Å². The highest BCUT2D eigenvalue weighted by molar-refractivity contribution is 6.00. The third-order valence-corrected chi connectivity index (χ3v) is 4.57. The van der Waals surface area contributed by atoms with Crippen molar-refractivity contribution in [2.45, 2.75) is 6.54 Å². The molecule has 4 rings (SSSR count). The van der Waals surface area contributed by atoms with Gasteiger partial charge in [-0.05, 0) is 34.4 Å². The predicted molar refractivity (Wildman–Crippen MR) is 107 cm³/mol. The highest BCUT2D eigenvalue weighted by Gasteiger charge is 2.25. The number of carbonyl (C=O) groups excluding carboxylic acids is 1. The molecule has 3 aromatic carbocycles. The summed E-state index contributed by atoms with van der Waals surface area (Å²) in [6.07, 6.45) is 0.665. The molecule has 0 unspecified atom stereocenters. The Morgan fingerprint density at radius 1 is 0.929 bits per heavy atom. The molecular formula is C22H16N2O4. The van der Waals surface area contributed by atoms with Crippen molar-refractivity contribution in [2.24, 2.45) is 0 Å². The van der Waals surface area contributed by atoms with Crippen LogP contribution in [0.3, 0.4) is 0 Å². The first-order valence-electron chi connectivity index (χ1n) is 8.70. The minimum atomic E-state index is -0.489. The maximum absolute atomic E-state index is 11.5. The lowest BCUT2D eigenvalue weighted by atomic mass is 9.99. The molecule has 0 saturated heterocycles. The molecular weight excluding hydrogens is 356 g/mol. The molecule has 28 heavy (non-hydrogen) atoms. The van der Waals surface area contributed by atoms with E-state index in [4.69, 9.17) is 4.42 Å². The van der Waals surface area contributed by atoms with Gasteiger partial charge in [0.15, 0.2) is 0 Å². The van der Waals surface area contributed by atoms with Crippen LogP contribution in [0.5, 0.6) is 0 Å². The number of carbonyl (C=O) groups is 1. The number of fused-ring (bicyclic) bond motifs is 1. The molecule has 0 bridgehead atoms. The topological polar surface area (TPSA) is 85.4 Å². The largest absolute Gasteiger partial charge is 0.442 e. The third kappa shape index (κ3) is 3.23. The number of furan rings is 1. The lowest BCUT2D eigenvalue weighted by Crippen LogP contribution is -2.09. The molecule has 0 saturated carbocycles. The van der Waals surface area contributed by atoms with Crippen molar-refractivity contribution in [2.75, 3.05) is 0 Å². The summed E-state index contributed by atoms with van der Waals surface area (Å²) in [5, 5.41) is 14.9. The lowest BCUT2D eigenvalue weighted by molar-refractivity contribution is -0.400. The first-order valence-corrected chi connectivity index (χ1v) is 8.70. The van der Waals surface area contributed by atoms with Gasteiger partial charge in [0.25, 0.3) is 0 Å². The number of nitro groups is 1. The summed E-state index contributed by atoms with van der Waals surface area (Å²) in [5.41, 5.74) is 4.58. The van der Waals surface area contributed by atoms with Crippen LogP contribution >= 0.6 is 0 Å². The fraction of sp³-hybridized carbons (Fsp3) is 0.0455. The summed E-state index contributed by atoms with van der Waals surface area (Å²) in [5.74, 6) is -0.256. The Morgan fingerprint density at radius 2 is 1.64 bits per heavy atom. The zero-order chi connectivity index (χ0) is 19.5. The van der Waals surface area contributed by atoms with Crippen LogP contribution in [0.2, 0.25) is 0 Å². The predicted octanol–water partition coefficient (Wildman–Crippen LogP) is 4.92. The smallest absolute Gasteiger partial charge is 0.400 e. The first-order chi connectivity index (χ1) is 13.7. The number of rotatable bonds is 6. The monoisotopic (exact) mass is 372 g/mol.